The number of carbonyl (C=O) groups is 2. The second kappa shape index (κ2) is 11.4. The third-order valence-electron chi connectivity index (χ3n) is 4.14. The van der Waals surface area contributed by atoms with Crippen molar-refractivity contribution in [3.63, 3.8) is 0 Å². The molecule has 0 aliphatic rings. The average Bonchev–Trinajstić information content (AvgIpc) is 2.77. The number of rotatable bonds is 11. The lowest BCUT2D eigenvalue weighted by atomic mass is 10.1. The van der Waals surface area contributed by atoms with Gasteiger partial charge < -0.3 is 24.3 Å². The Morgan fingerprint density at radius 1 is 1.09 bits per heavy atom. The van der Waals surface area contributed by atoms with Crippen LogP contribution in [0.4, 0.5) is 14.5 Å². The molecule has 0 heterocycles. The fourth-order valence-corrected chi connectivity index (χ4v) is 2.63. The Bertz CT molecular complexity index is 967. The first-order chi connectivity index (χ1) is 15.2. The first kappa shape index (κ1) is 24.3. The van der Waals surface area contributed by atoms with Crippen LogP contribution in [0.2, 0.25) is 0 Å². The number of esters is 1. The van der Waals surface area contributed by atoms with E-state index in [4.69, 9.17) is 14.2 Å². The molecule has 32 heavy (non-hydrogen) atoms. The topological polar surface area (TPSA) is 126 Å². The normalized spacial score (nSPS) is 10.4. The lowest BCUT2D eigenvalue weighted by molar-refractivity contribution is -0.385. The number of benzene rings is 2. The molecule has 0 atom stereocenters. The van der Waals surface area contributed by atoms with Gasteiger partial charge in [-0.1, -0.05) is 12.1 Å². The maximum Gasteiger partial charge on any atom is 0.387 e. The number of nitro groups is 1. The maximum atomic E-state index is 12.3. The summed E-state index contributed by atoms with van der Waals surface area (Å²) in [6.45, 7) is -3.39. The van der Waals surface area contributed by atoms with Crippen molar-refractivity contribution in [1.82, 2.24) is 5.32 Å². The van der Waals surface area contributed by atoms with Gasteiger partial charge in [-0.05, 0) is 24.1 Å². The molecule has 0 aliphatic carbocycles. The third kappa shape index (κ3) is 6.79. The van der Waals surface area contributed by atoms with Crippen molar-refractivity contribution in [2.24, 2.45) is 0 Å². The summed E-state index contributed by atoms with van der Waals surface area (Å²) in [6, 6.07) is 8.01. The fourth-order valence-electron chi connectivity index (χ4n) is 2.63. The molecule has 0 saturated carbocycles. The molecule has 0 unspecified atom stereocenters. The maximum absolute atomic E-state index is 12.3. The number of hydrogen-bond acceptors (Lipinski definition) is 8. The van der Waals surface area contributed by atoms with E-state index in [-0.39, 0.29) is 23.8 Å². The van der Waals surface area contributed by atoms with Crippen LogP contribution in [0, 0.1) is 10.1 Å². The summed E-state index contributed by atoms with van der Waals surface area (Å²) in [7, 11) is 2.58. The van der Waals surface area contributed by atoms with Crippen molar-refractivity contribution in [3.05, 3.63) is 57.6 Å². The van der Waals surface area contributed by atoms with Crippen LogP contribution < -0.4 is 19.5 Å². The number of alkyl halides is 2. The van der Waals surface area contributed by atoms with Gasteiger partial charge in [-0.2, -0.15) is 8.78 Å². The highest BCUT2D eigenvalue weighted by molar-refractivity contribution is 5.96. The van der Waals surface area contributed by atoms with Crippen molar-refractivity contribution in [2.75, 3.05) is 27.4 Å². The van der Waals surface area contributed by atoms with E-state index in [9.17, 15) is 28.5 Å². The van der Waals surface area contributed by atoms with Crippen LogP contribution in [-0.4, -0.2) is 50.8 Å². The minimum atomic E-state index is -2.91. The summed E-state index contributed by atoms with van der Waals surface area (Å²) in [5.41, 5.74) is -0.205. The van der Waals surface area contributed by atoms with Gasteiger partial charge in [0.05, 0.1) is 25.2 Å². The van der Waals surface area contributed by atoms with Gasteiger partial charge in [0.1, 0.15) is 11.3 Å². The van der Waals surface area contributed by atoms with E-state index in [1.807, 2.05) is 0 Å². The number of amides is 1. The quantitative estimate of drug-likeness (QED) is 0.312. The van der Waals surface area contributed by atoms with Crippen molar-refractivity contribution in [1.29, 1.82) is 0 Å². The predicted molar refractivity (Wildman–Crippen MR) is 106 cm³/mol. The van der Waals surface area contributed by atoms with Crippen LogP contribution in [-0.2, 0) is 16.0 Å². The minimum absolute atomic E-state index is 0.0175. The van der Waals surface area contributed by atoms with Crippen LogP contribution in [0.5, 0.6) is 17.2 Å². The van der Waals surface area contributed by atoms with Gasteiger partial charge in [0.25, 0.3) is 11.6 Å². The number of methoxy groups -OCH3 is 2. The first-order valence-electron chi connectivity index (χ1n) is 9.13. The molecule has 0 bridgehead atoms. The summed E-state index contributed by atoms with van der Waals surface area (Å²) in [6.07, 6.45) is 0.385. The highest BCUT2D eigenvalue weighted by Gasteiger charge is 2.26. The molecule has 10 nitrogen and oxygen atoms in total. The highest BCUT2D eigenvalue weighted by Crippen LogP contribution is 2.34. The monoisotopic (exact) mass is 454 g/mol. The first-order valence-corrected chi connectivity index (χ1v) is 9.13. The zero-order chi connectivity index (χ0) is 23.7. The molecule has 0 spiro atoms. The van der Waals surface area contributed by atoms with Crippen molar-refractivity contribution >= 4 is 17.6 Å². The molecule has 172 valence electrons. The highest BCUT2D eigenvalue weighted by atomic mass is 19.3. The Labute approximate surface area is 181 Å². The summed E-state index contributed by atoms with van der Waals surface area (Å²) < 4.78 is 43.4. The van der Waals surface area contributed by atoms with E-state index in [1.54, 1.807) is 12.1 Å². The molecule has 12 heteroatoms. The summed E-state index contributed by atoms with van der Waals surface area (Å²) in [4.78, 5) is 34.7. The number of nitrogens with zero attached hydrogens (tertiary/aromatic N) is 1. The number of halogens is 2. The largest absolute Gasteiger partial charge is 0.493 e. The average molecular weight is 454 g/mol. The van der Waals surface area contributed by atoms with Crippen LogP contribution in [0.15, 0.2) is 36.4 Å². The van der Waals surface area contributed by atoms with Crippen LogP contribution in [0.3, 0.4) is 0 Å². The van der Waals surface area contributed by atoms with Crippen molar-refractivity contribution in [2.45, 2.75) is 13.0 Å². The standard InChI is InChI=1S/C20H20F2N2O8/c1-29-16-9-14(15(24(27)28)10-17(16)30-2)19(26)31-11-18(25)23-8-7-12-3-5-13(6-4-12)32-20(21)22/h3-6,9-10,20H,7-8,11H2,1-2H3,(H,23,25). The fraction of sp³-hybridized carbons (Fsp3) is 0.300. The van der Waals surface area contributed by atoms with Gasteiger partial charge in [-0.25, -0.2) is 4.79 Å². The molecular weight excluding hydrogens is 434 g/mol. The van der Waals surface area contributed by atoms with E-state index in [2.05, 4.69) is 10.1 Å². The third-order valence-corrected chi connectivity index (χ3v) is 4.14. The molecule has 0 aliphatic heterocycles. The molecule has 0 aromatic heterocycles. The van der Waals surface area contributed by atoms with Gasteiger partial charge in [-0.3, -0.25) is 14.9 Å². The summed E-state index contributed by atoms with van der Waals surface area (Å²) in [5.74, 6) is -1.55. The molecule has 2 rings (SSSR count). The number of hydrogen-bond donors (Lipinski definition) is 1. The molecule has 2 aromatic carbocycles. The lowest BCUT2D eigenvalue weighted by Crippen LogP contribution is -2.30. The number of nitro benzene ring substituents is 1. The molecular formula is C20H20F2N2O8. The van der Waals surface area contributed by atoms with Crippen LogP contribution in [0.1, 0.15) is 15.9 Å². The van der Waals surface area contributed by atoms with Gasteiger partial charge in [0.2, 0.25) is 0 Å². The van der Waals surface area contributed by atoms with Gasteiger partial charge in [0, 0.05) is 12.6 Å². The van der Waals surface area contributed by atoms with E-state index in [1.165, 1.54) is 26.4 Å². The molecule has 1 amide bonds. The molecule has 0 radical (unpaired) electrons. The second-order valence-corrected chi connectivity index (χ2v) is 6.18. The Balaban J connectivity index is 1.89. The zero-order valence-electron chi connectivity index (χ0n) is 17.1. The lowest BCUT2D eigenvalue weighted by Gasteiger charge is -2.11. The van der Waals surface area contributed by atoms with Gasteiger partial charge >= 0.3 is 12.6 Å². The smallest absolute Gasteiger partial charge is 0.387 e. The van der Waals surface area contributed by atoms with E-state index >= 15 is 0 Å². The summed E-state index contributed by atoms with van der Waals surface area (Å²) in [5, 5.41) is 13.8. The minimum Gasteiger partial charge on any atom is -0.493 e. The Hall–Kier alpha value is -3.96. The van der Waals surface area contributed by atoms with E-state index < -0.39 is 41.3 Å². The number of nitrogens with one attached hydrogen (secondary N) is 1. The Kier molecular flexibility index (Phi) is 8.69. The van der Waals surface area contributed by atoms with Gasteiger partial charge in [0.15, 0.2) is 18.1 Å². The zero-order valence-corrected chi connectivity index (χ0v) is 17.1. The Morgan fingerprint density at radius 2 is 1.72 bits per heavy atom. The van der Waals surface area contributed by atoms with Crippen LogP contribution in [0.25, 0.3) is 0 Å². The predicted octanol–water partition coefficient (Wildman–Crippen LogP) is 2.73. The molecule has 0 fully saturated rings. The van der Waals surface area contributed by atoms with E-state index in [0.717, 1.165) is 17.7 Å². The molecule has 0 saturated heterocycles. The van der Waals surface area contributed by atoms with Crippen LogP contribution >= 0.6 is 0 Å². The van der Waals surface area contributed by atoms with Crippen molar-refractivity contribution in [3.8, 4) is 17.2 Å². The van der Waals surface area contributed by atoms with Gasteiger partial charge in [-0.15, -0.1) is 0 Å². The second-order valence-electron chi connectivity index (χ2n) is 6.18. The SMILES string of the molecule is COc1cc(C(=O)OCC(=O)NCCc2ccc(OC(F)F)cc2)c([N+](=O)[O-])cc1OC. The molecule has 1 N–H and O–H groups in total. The number of ether oxygens (including phenoxy) is 4. The summed E-state index contributed by atoms with van der Waals surface area (Å²) >= 11 is 0. The molecule has 2 aromatic rings. The van der Waals surface area contributed by atoms with E-state index in [0.29, 0.717) is 6.42 Å². The number of carbonyl (C=O) groups excluding carboxylic acids is 2. The van der Waals surface area contributed by atoms with Crippen molar-refractivity contribution < 1.29 is 42.2 Å². The Morgan fingerprint density at radius 3 is 2.28 bits per heavy atom.